The molecule has 1 aromatic rings. The van der Waals surface area contributed by atoms with Gasteiger partial charge in [0, 0.05) is 6.04 Å². The highest BCUT2D eigenvalue weighted by Gasteiger charge is 2.29. The lowest BCUT2D eigenvalue weighted by Gasteiger charge is -2.35. The first-order chi connectivity index (χ1) is 8.47. The van der Waals surface area contributed by atoms with E-state index in [2.05, 4.69) is 13.8 Å². The number of nitrogens with two attached hydrogens (primary N) is 1. The van der Waals surface area contributed by atoms with Crippen molar-refractivity contribution >= 4 is 11.6 Å². The van der Waals surface area contributed by atoms with Crippen molar-refractivity contribution in [1.29, 1.82) is 0 Å². The van der Waals surface area contributed by atoms with Crippen LogP contribution in [0.1, 0.15) is 44.7 Å². The van der Waals surface area contributed by atoms with Gasteiger partial charge >= 0.3 is 0 Å². The van der Waals surface area contributed by atoms with Crippen LogP contribution < -0.4 is 5.73 Å². The lowest BCUT2D eigenvalue weighted by atomic mass is 9.72. The zero-order valence-corrected chi connectivity index (χ0v) is 11.8. The van der Waals surface area contributed by atoms with Crippen LogP contribution in [0.5, 0.6) is 0 Å². The first kappa shape index (κ1) is 13.8. The molecule has 0 heterocycles. The van der Waals surface area contributed by atoms with E-state index < -0.39 is 0 Å². The van der Waals surface area contributed by atoms with Crippen molar-refractivity contribution in [3.8, 4) is 0 Å². The van der Waals surface area contributed by atoms with Crippen molar-refractivity contribution in [2.75, 3.05) is 0 Å². The van der Waals surface area contributed by atoms with E-state index in [1.165, 1.54) is 12.5 Å². The summed E-state index contributed by atoms with van der Waals surface area (Å²) in [6.45, 7) is 4.57. The van der Waals surface area contributed by atoms with Crippen molar-refractivity contribution in [3.63, 3.8) is 0 Å². The van der Waals surface area contributed by atoms with Gasteiger partial charge in [-0.1, -0.05) is 31.5 Å². The van der Waals surface area contributed by atoms with Crippen LogP contribution in [0.4, 0.5) is 4.39 Å². The van der Waals surface area contributed by atoms with Crippen LogP contribution in [-0.2, 0) is 0 Å². The number of rotatable bonds is 2. The second-order valence-corrected chi connectivity index (χ2v) is 6.28. The molecule has 0 spiro atoms. The van der Waals surface area contributed by atoms with Gasteiger partial charge in [-0.15, -0.1) is 0 Å². The molecule has 3 heteroatoms. The molecular weight excluding hydrogens is 249 g/mol. The average Bonchev–Trinajstić information content (AvgIpc) is 2.30. The van der Waals surface area contributed by atoms with Gasteiger partial charge in [0.15, 0.2) is 0 Å². The van der Waals surface area contributed by atoms with Crippen LogP contribution >= 0.6 is 11.6 Å². The molecule has 0 aliphatic heterocycles. The minimum Gasteiger partial charge on any atom is -0.324 e. The topological polar surface area (TPSA) is 26.0 Å². The van der Waals surface area contributed by atoms with E-state index in [9.17, 15) is 4.39 Å². The third-order valence-electron chi connectivity index (χ3n) is 4.05. The summed E-state index contributed by atoms with van der Waals surface area (Å²) in [7, 11) is 0. The molecule has 1 saturated carbocycles. The molecular formula is C15H21ClFN. The van der Waals surface area contributed by atoms with Crippen molar-refractivity contribution in [2.24, 2.45) is 23.5 Å². The van der Waals surface area contributed by atoms with Gasteiger partial charge in [0.1, 0.15) is 5.82 Å². The molecule has 0 radical (unpaired) electrons. The Labute approximate surface area is 114 Å². The zero-order valence-electron chi connectivity index (χ0n) is 11.0. The summed E-state index contributed by atoms with van der Waals surface area (Å²) in [6, 6.07) is 4.81. The van der Waals surface area contributed by atoms with E-state index in [0.29, 0.717) is 5.92 Å². The molecule has 1 aliphatic carbocycles. The average molecular weight is 270 g/mol. The number of halogens is 2. The van der Waals surface area contributed by atoms with E-state index >= 15 is 0 Å². The molecule has 1 nitrogen and oxygen atoms in total. The molecule has 2 rings (SSSR count). The second-order valence-electron chi connectivity index (χ2n) is 5.88. The quantitative estimate of drug-likeness (QED) is 0.837. The van der Waals surface area contributed by atoms with Crippen LogP contribution in [0.3, 0.4) is 0 Å². The first-order valence-electron chi connectivity index (χ1n) is 6.68. The van der Waals surface area contributed by atoms with Gasteiger partial charge in [0.05, 0.1) is 5.02 Å². The standard InChI is InChI=1S/C15H21ClFN/c1-9-5-10(2)7-12(6-9)15(18)11-3-4-14(17)13(16)8-11/h3-4,8-10,12,15H,5-7,18H2,1-2H3. The van der Waals surface area contributed by atoms with Crippen LogP contribution in [0.25, 0.3) is 0 Å². The molecule has 0 aromatic heterocycles. The molecule has 0 bridgehead atoms. The maximum atomic E-state index is 13.2. The van der Waals surface area contributed by atoms with Gasteiger partial charge < -0.3 is 5.73 Å². The third kappa shape index (κ3) is 3.04. The van der Waals surface area contributed by atoms with E-state index in [1.807, 2.05) is 0 Å². The van der Waals surface area contributed by atoms with Crippen LogP contribution in [0, 0.1) is 23.6 Å². The lowest BCUT2D eigenvalue weighted by Crippen LogP contribution is -2.29. The number of benzene rings is 1. The van der Waals surface area contributed by atoms with Gasteiger partial charge in [-0.2, -0.15) is 0 Å². The van der Waals surface area contributed by atoms with E-state index in [4.69, 9.17) is 17.3 Å². The Morgan fingerprint density at radius 2 is 1.83 bits per heavy atom. The molecule has 1 aliphatic rings. The Balaban J connectivity index is 2.14. The lowest BCUT2D eigenvalue weighted by molar-refractivity contribution is 0.193. The highest BCUT2D eigenvalue weighted by molar-refractivity contribution is 6.30. The van der Waals surface area contributed by atoms with Crippen molar-refractivity contribution in [3.05, 3.63) is 34.6 Å². The number of hydrogen-bond acceptors (Lipinski definition) is 1. The second kappa shape index (κ2) is 5.58. The first-order valence-corrected chi connectivity index (χ1v) is 7.05. The summed E-state index contributed by atoms with van der Waals surface area (Å²) in [4.78, 5) is 0. The molecule has 0 amide bonds. The fourth-order valence-electron chi connectivity index (χ4n) is 3.29. The largest absolute Gasteiger partial charge is 0.324 e. The predicted molar refractivity (Wildman–Crippen MR) is 74.0 cm³/mol. The molecule has 3 unspecified atom stereocenters. The normalized spacial score (nSPS) is 30.2. The monoisotopic (exact) mass is 269 g/mol. The predicted octanol–water partition coefficient (Wildman–Crippen LogP) is 4.55. The summed E-state index contributed by atoms with van der Waals surface area (Å²) in [5, 5.41) is 0.167. The van der Waals surface area contributed by atoms with E-state index in [0.717, 1.165) is 30.2 Å². The fraction of sp³-hybridized carbons (Fsp3) is 0.600. The maximum Gasteiger partial charge on any atom is 0.141 e. The summed E-state index contributed by atoms with van der Waals surface area (Å²) >= 11 is 5.82. The highest BCUT2D eigenvalue weighted by Crippen LogP contribution is 2.39. The molecule has 18 heavy (non-hydrogen) atoms. The summed E-state index contributed by atoms with van der Waals surface area (Å²) in [6.07, 6.45) is 3.59. The Hall–Kier alpha value is -0.600. The van der Waals surface area contributed by atoms with Crippen LogP contribution in [0.15, 0.2) is 18.2 Å². The maximum absolute atomic E-state index is 13.2. The summed E-state index contributed by atoms with van der Waals surface area (Å²) in [5.74, 6) is 1.55. The highest BCUT2D eigenvalue weighted by atomic mass is 35.5. The Morgan fingerprint density at radius 3 is 2.39 bits per heavy atom. The van der Waals surface area contributed by atoms with Gasteiger partial charge in [-0.05, 0) is 54.7 Å². The fourth-order valence-corrected chi connectivity index (χ4v) is 3.48. The van der Waals surface area contributed by atoms with Gasteiger partial charge in [0.2, 0.25) is 0 Å². The summed E-state index contributed by atoms with van der Waals surface area (Å²) < 4.78 is 13.2. The van der Waals surface area contributed by atoms with E-state index in [1.54, 1.807) is 12.1 Å². The summed E-state index contributed by atoms with van der Waals surface area (Å²) in [5.41, 5.74) is 7.28. The van der Waals surface area contributed by atoms with Crippen LogP contribution in [-0.4, -0.2) is 0 Å². The van der Waals surface area contributed by atoms with Gasteiger partial charge in [-0.3, -0.25) is 0 Å². The molecule has 1 aromatic carbocycles. The van der Waals surface area contributed by atoms with Gasteiger partial charge in [0.25, 0.3) is 0 Å². The Bertz CT molecular complexity index is 411. The Kier molecular flexibility index (Phi) is 4.29. The smallest absolute Gasteiger partial charge is 0.141 e. The van der Waals surface area contributed by atoms with Gasteiger partial charge in [-0.25, -0.2) is 4.39 Å². The zero-order chi connectivity index (χ0) is 13.3. The Morgan fingerprint density at radius 1 is 1.22 bits per heavy atom. The SMILES string of the molecule is CC1CC(C)CC(C(N)c2ccc(F)c(Cl)c2)C1. The van der Waals surface area contributed by atoms with Crippen molar-refractivity contribution < 1.29 is 4.39 Å². The molecule has 2 N–H and O–H groups in total. The van der Waals surface area contributed by atoms with Crippen molar-refractivity contribution in [1.82, 2.24) is 0 Å². The molecule has 0 saturated heterocycles. The molecule has 3 atom stereocenters. The van der Waals surface area contributed by atoms with Crippen LogP contribution in [0.2, 0.25) is 5.02 Å². The third-order valence-corrected chi connectivity index (χ3v) is 4.34. The molecule has 100 valence electrons. The van der Waals surface area contributed by atoms with E-state index in [-0.39, 0.29) is 16.9 Å². The van der Waals surface area contributed by atoms with Crippen molar-refractivity contribution in [2.45, 2.75) is 39.2 Å². The molecule has 1 fully saturated rings. The number of hydrogen-bond donors (Lipinski definition) is 1. The minimum atomic E-state index is -0.377. The minimum absolute atomic E-state index is 0.0340.